The molecule has 1 fully saturated rings. The zero-order valence-corrected chi connectivity index (χ0v) is 14.9. The molecular weight excluding hydrogens is 368 g/mol. The zero-order valence-electron chi connectivity index (χ0n) is 14.9. The first-order chi connectivity index (χ1) is 13.7. The molecular formula is C20H16O8. The van der Waals surface area contributed by atoms with Crippen molar-refractivity contribution < 1.29 is 38.0 Å². The lowest BCUT2D eigenvalue weighted by Gasteiger charge is -2.40. The van der Waals surface area contributed by atoms with Gasteiger partial charge < -0.3 is 33.2 Å². The number of cyclic esters (lactones) is 1. The smallest absolute Gasteiger partial charge is 0.317 e. The molecule has 0 bridgehead atoms. The van der Waals surface area contributed by atoms with Gasteiger partial charge in [-0.15, -0.1) is 0 Å². The fourth-order valence-electron chi connectivity index (χ4n) is 4.36. The third-order valence-corrected chi connectivity index (χ3v) is 5.70. The summed E-state index contributed by atoms with van der Waals surface area (Å²) in [6.07, 6.45) is 0. The molecule has 4 heterocycles. The number of hydrogen-bond donors (Lipinski definition) is 0. The summed E-state index contributed by atoms with van der Waals surface area (Å²) in [6.45, 7) is 0.338. The van der Waals surface area contributed by atoms with Gasteiger partial charge in [-0.1, -0.05) is 6.07 Å². The highest BCUT2D eigenvalue weighted by atomic mass is 16.7. The molecule has 6 rings (SSSR count). The van der Waals surface area contributed by atoms with Crippen LogP contribution in [0.5, 0.6) is 28.7 Å². The number of carbonyl (C=O) groups is 1. The van der Waals surface area contributed by atoms with Crippen molar-refractivity contribution in [1.82, 2.24) is 0 Å². The van der Waals surface area contributed by atoms with Crippen LogP contribution in [0.15, 0.2) is 30.3 Å². The van der Waals surface area contributed by atoms with Crippen molar-refractivity contribution in [3.8, 4) is 28.7 Å². The van der Waals surface area contributed by atoms with E-state index >= 15 is 0 Å². The fourth-order valence-corrected chi connectivity index (χ4v) is 4.36. The van der Waals surface area contributed by atoms with E-state index < -0.39 is 11.7 Å². The van der Waals surface area contributed by atoms with Gasteiger partial charge in [0.2, 0.25) is 13.6 Å². The molecule has 4 aliphatic heterocycles. The van der Waals surface area contributed by atoms with Gasteiger partial charge in [-0.3, -0.25) is 4.79 Å². The highest BCUT2D eigenvalue weighted by Crippen LogP contribution is 2.55. The fraction of sp³-hybridized carbons (Fsp3) is 0.350. The predicted octanol–water partition coefficient (Wildman–Crippen LogP) is 2.18. The Balaban J connectivity index is 1.57. The minimum Gasteiger partial charge on any atom is -0.458 e. The number of hydrogen-bond acceptors (Lipinski definition) is 8. The molecule has 3 atom stereocenters. The van der Waals surface area contributed by atoms with Crippen LogP contribution in [0.1, 0.15) is 17.0 Å². The summed E-state index contributed by atoms with van der Waals surface area (Å²) in [7, 11) is 1.52. The van der Waals surface area contributed by atoms with Gasteiger partial charge in [0.15, 0.2) is 29.6 Å². The van der Waals surface area contributed by atoms with E-state index in [1.54, 1.807) is 6.07 Å². The van der Waals surface area contributed by atoms with Crippen LogP contribution in [0.3, 0.4) is 0 Å². The van der Waals surface area contributed by atoms with Crippen molar-refractivity contribution in [2.45, 2.75) is 11.7 Å². The first kappa shape index (κ1) is 15.9. The summed E-state index contributed by atoms with van der Waals surface area (Å²) in [6, 6.07) is 9.28. The third kappa shape index (κ3) is 2.00. The van der Waals surface area contributed by atoms with Crippen molar-refractivity contribution in [1.29, 1.82) is 0 Å². The quantitative estimate of drug-likeness (QED) is 0.729. The Morgan fingerprint density at radius 1 is 0.893 bits per heavy atom. The van der Waals surface area contributed by atoms with Gasteiger partial charge in [0.05, 0.1) is 0 Å². The van der Waals surface area contributed by atoms with Crippen molar-refractivity contribution in [2.24, 2.45) is 5.92 Å². The van der Waals surface area contributed by atoms with Crippen LogP contribution in [0.25, 0.3) is 0 Å². The second kappa shape index (κ2) is 5.45. The Labute approximate surface area is 159 Å². The highest BCUT2D eigenvalue weighted by molar-refractivity contribution is 5.80. The van der Waals surface area contributed by atoms with Crippen molar-refractivity contribution in [2.75, 3.05) is 27.3 Å². The van der Waals surface area contributed by atoms with E-state index in [0.717, 1.165) is 11.1 Å². The lowest BCUT2D eigenvalue weighted by molar-refractivity contribution is -0.195. The van der Waals surface area contributed by atoms with E-state index in [0.29, 0.717) is 28.7 Å². The van der Waals surface area contributed by atoms with Gasteiger partial charge in [-0.25, -0.2) is 0 Å². The molecule has 4 aliphatic rings. The molecule has 0 amide bonds. The van der Waals surface area contributed by atoms with E-state index in [2.05, 4.69) is 0 Å². The van der Waals surface area contributed by atoms with E-state index in [1.807, 2.05) is 24.3 Å². The summed E-state index contributed by atoms with van der Waals surface area (Å²) >= 11 is 0. The molecule has 0 N–H and O–H groups in total. The van der Waals surface area contributed by atoms with Gasteiger partial charge in [0.1, 0.15) is 11.7 Å². The molecule has 28 heavy (non-hydrogen) atoms. The number of rotatable bonds is 2. The molecule has 0 spiro atoms. The molecule has 1 saturated heterocycles. The summed E-state index contributed by atoms with van der Waals surface area (Å²) < 4.78 is 39.2. The lowest BCUT2D eigenvalue weighted by Crippen LogP contribution is -2.51. The first-order valence-corrected chi connectivity index (χ1v) is 8.92. The Morgan fingerprint density at radius 3 is 2.39 bits per heavy atom. The molecule has 2 aromatic rings. The minimum absolute atomic E-state index is 0.0158. The van der Waals surface area contributed by atoms with E-state index in [1.165, 1.54) is 7.11 Å². The second-order valence-corrected chi connectivity index (χ2v) is 7.04. The van der Waals surface area contributed by atoms with Crippen LogP contribution < -0.4 is 23.7 Å². The predicted molar refractivity (Wildman–Crippen MR) is 91.8 cm³/mol. The Hall–Kier alpha value is -3.13. The van der Waals surface area contributed by atoms with Crippen LogP contribution in [0, 0.1) is 5.92 Å². The molecule has 3 unspecified atom stereocenters. The van der Waals surface area contributed by atoms with Gasteiger partial charge >= 0.3 is 5.97 Å². The van der Waals surface area contributed by atoms with Crippen molar-refractivity contribution in [3.05, 3.63) is 41.5 Å². The minimum atomic E-state index is -1.21. The number of benzene rings is 2. The Morgan fingerprint density at radius 2 is 1.61 bits per heavy atom. The van der Waals surface area contributed by atoms with Gasteiger partial charge in [0, 0.05) is 24.7 Å². The Kier molecular flexibility index (Phi) is 3.09. The standard InChI is InChI=1S/C20H16O8/c1-22-20-7-23-19(21)18(20)17(10-2-3-12-14(4-10)25-8-24-12)11-5-15-16(27-9-26-15)6-13(11)28-20/h2-6,17-18H,7-9H2,1H3. The number of ether oxygens (including phenoxy) is 7. The maximum Gasteiger partial charge on any atom is 0.317 e. The van der Waals surface area contributed by atoms with Crippen molar-refractivity contribution >= 4 is 5.97 Å². The molecule has 8 nitrogen and oxygen atoms in total. The molecule has 0 aromatic heterocycles. The SMILES string of the molecule is COC12COC(=O)C1C(c1ccc3c(c1)OCO3)c1cc3c(cc1O2)OCO3. The summed E-state index contributed by atoms with van der Waals surface area (Å²) in [5.41, 5.74) is 1.68. The Bertz CT molecular complexity index is 1000. The topological polar surface area (TPSA) is 81.7 Å². The molecule has 2 aromatic carbocycles. The van der Waals surface area contributed by atoms with Crippen LogP contribution in [0.2, 0.25) is 0 Å². The maximum atomic E-state index is 12.7. The molecule has 0 saturated carbocycles. The van der Waals surface area contributed by atoms with Crippen LogP contribution in [-0.2, 0) is 14.3 Å². The average Bonchev–Trinajstić information content (AvgIpc) is 3.43. The number of fused-ring (bicyclic) bond motifs is 4. The second-order valence-electron chi connectivity index (χ2n) is 7.04. The van der Waals surface area contributed by atoms with Crippen molar-refractivity contribution in [3.63, 3.8) is 0 Å². The number of esters is 1. The lowest BCUT2D eigenvalue weighted by atomic mass is 9.75. The summed E-state index contributed by atoms with van der Waals surface area (Å²) in [4.78, 5) is 12.7. The maximum absolute atomic E-state index is 12.7. The largest absolute Gasteiger partial charge is 0.458 e. The van der Waals surface area contributed by atoms with E-state index in [4.69, 9.17) is 33.2 Å². The van der Waals surface area contributed by atoms with Gasteiger partial charge in [-0.2, -0.15) is 0 Å². The molecule has 0 radical (unpaired) electrons. The molecule has 8 heteroatoms. The first-order valence-electron chi connectivity index (χ1n) is 8.92. The summed E-state index contributed by atoms with van der Waals surface area (Å²) in [5, 5.41) is 0. The van der Waals surface area contributed by atoms with E-state index in [9.17, 15) is 4.79 Å². The number of methoxy groups -OCH3 is 1. The van der Waals surface area contributed by atoms with Gasteiger partial charge in [-0.05, 0) is 23.8 Å². The third-order valence-electron chi connectivity index (χ3n) is 5.70. The van der Waals surface area contributed by atoms with Crippen LogP contribution in [0.4, 0.5) is 0 Å². The number of carbonyl (C=O) groups excluding carboxylic acids is 1. The van der Waals surface area contributed by atoms with Crippen LogP contribution in [-0.4, -0.2) is 39.1 Å². The van der Waals surface area contributed by atoms with E-state index in [-0.39, 0.29) is 32.1 Å². The monoisotopic (exact) mass is 384 g/mol. The molecule has 0 aliphatic carbocycles. The van der Waals surface area contributed by atoms with Crippen LogP contribution >= 0.6 is 0 Å². The normalized spacial score (nSPS) is 28.4. The highest BCUT2D eigenvalue weighted by Gasteiger charge is 2.61. The molecule has 144 valence electrons. The average molecular weight is 384 g/mol. The van der Waals surface area contributed by atoms with Gasteiger partial charge in [0.25, 0.3) is 5.79 Å². The summed E-state index contributed by atoms with van der Waals surface area (Å²) in [5.74, 6) is 0.472. The zero-order chi connectivity index (χ0) is 18.9.